The van der Waals surface area contributed by atoms with Crippen molar-refractivity contribution < 1.29 is 54.0 Å². The molecule has 0 fully saturated rings. The van der Waals surface area contributed by atoms with E-state index in [1.54, 1.807) is 0 Å². The lowest BCUT2D eigenvalue weighted by Gasteiger charge is -2.25. The minimum absolute atomic E-state index is 0.0461. The van der Waals surface area contributed by atoms with Gasteiger partial charge in [-0.2, -0.15) is 0 Å². The Kier molecular flexibility index (Phi) is 15.0. The minimum Gasteiger partial charge on any atom is -0.481 e. The van der Waals surface area contributed by atoms with E-state index >= 15 is 0 Å². The van der Waals surface area contributed by atoms with Crippen LogP contribution >= 0.6 is 0 Å². The number of carboxylic acids is 4. The maximum Gasteiger partial charge on any atom is 0.326 e. The van der Waals surface area contributed by atoms with Crippen molar-refractivity contribution in [1.29, 1.82) is 0 Å². The molecule has 16 heteroatoms. The number of nitrogens with two attached hydrogens (primary N) is 2. The lowest BCUT2D eigenvalue weighted by atomic mass is 10.0. The molecule has 0 aliphatic rings. The summed E-state index contributed by atoms with van der Waals surface area (Å²) in [5.41, 5.74) is 11.1. The molecule has 0 aromatic rings. The minimum atomic E-state index is -1.84. The summed E-state index contributed by atoms with van der Waals surface area (Å²) >= 11 is 0. The van der Waals surface area contributed by atoms with Gasteiger partial charge < -0.3 is 47.8 Å². The van der Waals surface area contributed by atoms with Crippen LogP contribution in [0.2, 0.25) is 0 Å². The molecule has 0 aliphatic carbocycles. The van der Waals surface area contributed by atoms with Crippen LogP contribution in [0.3, 0.4) is 0 Å². The van der Waals surface area contributed by atoms with Gasteiger partial charge in [-0.25, -0.2) is 4.79 Å². The van der Waals surface area contributed by atoms with Crippen LogP contribution in [-0.2, 0) is 33.6 Å². The lowest BCUT2D eigenvalue weighted by Crippen LogP contribution is -2.57. The monoisotopic (exact) mass is 519 g/mol. The van der Waals surface area contributed by atoms with E-state index in [-0.39, 0.29) is 19.4 Å². The highest BCUT2D eigenvalue weighted by Crippen LogP contribution is 2.06. The standard InChI is InChI=1S/C20H33N5O11/c21-8-2-1-3-11(23-17(32)10(22)4-6-14(26)27)18(33)24-12(5-7-15(28)29)19(34)25-13(20(35)36)9-16(30)31/h10-13H,1-9,21-22H2,(H,23,32)(H,24,33)(H,25,34)(H,26,27)(H,28,29)(H,30,31)(H,35,36). The zero-order valence-electron chi connectivity index (χ0n) is 19.5. The van der Waals surface area contributed by atoms with Crippen LogP contribution in [0.4, 0.5) is 0 Å². The van der Waals surface area contributed by atoms with Gasteiger partial charge in [-0.15, -0.1) is 0 Å². The molecule has 204 valence electrons. The third-order valence-corrected chi connectivity index (χ3v) is 4.86. The second kappa shape index (κ2) is 16.8. The molecule has 0 saturated heterocycles. The number of unbranched alkanes of at least 4 members (excludes halogenated alkanes) is 1. The third-order valence-electron chi connectivity index (χ3n) is 4.86. The van der Waals surface area contributed by atoms with Gasteiger partial charge in [-0.05, 0) is 38.6 Å². The largest absolute Gasteiger partial charge is 0.481 e. The van der Waals surface area contributed by atoms with Gasteiger partial charge in [0.15, 0.2) is 0 Å². The Labute approximate surface area is 205 Å². The van der Waals surface area contributed by atoms with Crippen molar-refractivity contribution in [2.45, 2.75) is 75.5 Å². The van der Waals surface area contributed by atoms with Crippen molar-refractivity contribution in [3.8, 4) is 0 Å². The van der Waals surface area contributed by atoms with E-state index in [1.807, 2.05) is 5.32 Å². The first kappa shape index (κ1) is 32.2. The molecular weight excluding hydrogens is 486 g/mol. The number of hydrogen-bond acceptors (Lipinski definition) is 9. The molecule has 0 spiro atoms. The van der Waals surface area contributed by atoms with Gasteiger partial charge in [-0.3, -0.25) is 28.8 Å². The molecule has 0 bridgehead atoms. The highest BCUT2D eigenvalue weighted by Gasteiger charge is 2.31. The Balaban J connectivity index is 5.58. The highest BCUT2D eigenvalue weighted by atomic mass is 16.4. The number of rotatable bonds is 19. The molecule has 11 N–H and O–H groups in total. The van der Waals surface area contributed by atoms with Crippen LogP contribution in [0.5, 0.6) is 0 Å². The molecule has 0 heterocycles. The number of carbonyl (C=O) groups is 7. The molecule has 0 aromatic heterocycles. The fraction of sp³-hybridized carbons (Fsp3) is 0.650. The normalized spacial score (nSPS) is 13.9. The molecule has 0 saturated carbocycles. The van der Waals surface area contributed by atoms with E-state index in [1.165, 1.54) is 0 Å². The molecule has 4 atom stereocenters. The first-order valence-corrected chi connectivity index (χ1v) is 11.0. The molecule has 0 radical (unpaired) electrons. The van der Waals surface area contributed by atoms with E-state index in [0.717, 1.165) is 0 Å². The Morgan fingerprint density at radius 1 is 0.611 bits per heavy atom. The van der Waals surface area contributed by atoms with E-state index in [0.29, 0.717) is 12.8 Å². The van der Waals surface area contributed by atoms with Crippen molar-refractivity contribution in [3.63, 3.8) is 0 Å². The van der Waals surface area contributed by atoms with Crippen molar-refractivity contribution >= 4 is 41.6 Å². The van der Waals surface area contributed by atoms with E-state index in [4.69, 9.17) is 31.9 Å². The summed E-state index contributed by atoms with van der Waals surface area (Å²) in [6.07, 6.45) is -1.74. The summed E-state index contributed by atoms with van der Waals surface area (Å²) in [6, 6.07) is -5.91. The zero-order valence-corrected chi connectivity index (χ0v) is 19.5. The lowest BCUT2D eigenvalue weighted by molar-refractivity contribution is -0.147. The second-order valence-electron chi connectivity index (χ2n) is 7.88. The van der Waals surface area contributed by atoms with Crippen LogP contribution in [0, 0.1) is 0 Å². The van der Waals surface area contributed by atoms with Crippen LogP contribution in [0.15, 0.2) is 0 Å². The van der Waals surface area contributed by atoms with Gasteiger partial charge in [0.05, 0.1) is 12.5 Å². The summed E-state index contributed by atoms with van der Waals surface area (Å²) in [4.78, 5) is 81.6. The first-order valence-electron chi connectivity index (χ1n) is 11.0. The smallest absolute Gasteiger partial charge is 0.326 e. The summed E-state index contributed by atoms with van der Waals surface area (Å²) < 4.78 is 0. The van der Waals surface area contributed by atoms with Crippen LogP contribution in [0.1, 0.15) is 51.4 Å². The fourth-order valence-corrected chi connectivity index (χ4v) is 2.91. The Bertz CT molecular complexity index is 820. The third kappa shape index (κ3) is 13.8. The molecule has 0 aliphatic heterocycles. The van der Waals surface area contributed by atoms with Crippen molar-refractivity contribution in [3.05, 3.63) is 0 Å². The summed E-state index contributed by atoms with van der Waals surface area (Å²) in [5, 5.41) is 42.2. The summed E-state index contributed by atoms with van der Waals surface area (Å²) in [7, 11) is 0. The molecular formula is C20H33N5O11. The zero-order chi connectivity index (χ0) is 27.8. The average Bonchev–Trinajstić information content (AvgIpc) is 2.78. The fourth-order valence-electron chi connectivity index (χ4n) is 2.91. The van der Waals surface area contributed by atoms with Gasteiger partial charge in [0, 0.05) is 12.8 Å². The van der Waals surface area contributed by atoms with Crippen molar-refractivity contribution in [2.75, 3.05) is 6.54 Å². The topological polar surface area (TPSA) is 289 Å². The number of nitrogens with one attached hydrogen (secondary N) is 3. The maximum absolute atomic E-state index is 12.9. The number of hydrogen-bond donors (Lipinski definition) is 9. The first-order chi connectivity index (χ1) is 16.8. The summed E-state index contributed by atoms with van der Waals surface area (Å²) in [6.45, 7) is 0.282. The quantitative estimate of drug-likeness (QED) is 0.0779. The second-order valence-corrected chi connectivity index (χ2v) is 7.88. The van der Waals surface area contributed by atoms with Gasteiger partial charge in [0.2, 0.25) is 17.7 Å². The maximum atomic E-state index is 12.9. The van der Waals surface area contributed by atoms with E-state index in [2.05, 4.69) is 10.6 Å². The number of amides is 3. The predicted molar refractivity (Wildman–Crippen MR) is 120 cm³/mol. The Hall–Kier alpha value is -3.79. The Morgan fingerprint density at radius 2 is 1.08 bits per heavy atom. The molecule has 36 heavy (non-hydrogen) atoms. The molecule has 0 aromatic carbocycles. The average molecular weight is 520 g/mol. The highest BCUT2D eigenvalue weighted by molar-refractivity contribution is 5.94. The molecule has 16 nitrogen and oxygen atoms in total. The van der Waals surface area contributed by atoms with Crippen LogP contribution < -0.4 is 27.4 Å². The SMILES string of the molecule is NCCCCC(NC(=O)C(N)CCC(=O)O)C(=O)NC(CCC(=O)O)C(=O)NC(CC(=O)O)C(=O)O. The summed E-state index contributed by atoms with van der Waals surface area (Å²) in [5.74, 6) is -8.55. The van der Waals surface area contributed by atoms with Crippen LogP contribution in [0.25, 0.3) is 0 Å². The van der Waals surface area contributed by atoms with Gasteiger partial charge in [-0.1, -0.05) is 0 Å². The van der Waals surface area contributed by atoms with Crippen molar-refractivity contribution in [1.82, 2.24) is 16.0 Å². The number of carboxylic acid groups (broad SMARTS) is 4. The number of aliphatic carboxylic acids is 4. The van der Waals surface area contributed by atoms with Gasteiger partial charge in [0.1, 0.15) is 18.1 Å². The molecule has 4 unspecified atom stereocenters. The molecule has 0 rings (SSSR count). The van der Waals surface area contributed by atoms with E-state index < -0.39 is 91.4 Å². The van der Waals surface area contributed by atoms with E-state index in [9.17, 15) is 33.6 Å². The number of carbonyl (C=O) groups excluding carboxylic acids is 3. The Morgan fingerprint density at radius 3 is 1.56 bits per heavy atom. The predicted octanol–water partition coefficient (Wildman–Crippen LogP) is -2.81. The van der Waals surface area contributed by atoms with Gasteiger partial charge >= 0.3 is 23.9 Å². The van der Waals surface area contributed by atoms with Crippen LogP contribution in [-0.4, -0.2) is 92.7 Å². The van der Waals surface area contributed by atoms with Gasteiger partial charge in [0.25, 0.3) is 0 Å². The van der Waals surface area contributed by atoms with Crippen molar-refractivity contribution in [2.24, 2.45) is 11.5 Å². The molecule has 3 amide bonds.